The summed E-state index contributed by atoms with van der Waals surface area (Å²) in [6.07, 6.45) is 2.53. The van der Waals surface area contributed by atoms with E-state index in [9.17, 15) is 4.39 Å². The van der Waals surface area contributed by atoms with Gasteiger partial charge in [0.1, 0.15) is 18.2 Å². The van der Waals surface area contributed by atoms with Crippen molar-refractivity contribution in [1.29, 1.82) is 0 Å². The van der Waals surface area contributed by atoms with Gasteiger partial charge in [-0.15, -0.1) is 0 Å². The standard InChI is InChI=1S/C17H17BrFNO/c18-16-8-7-15(9-13(16)10-20-14-5-6-14)21-11-12-3-1-2-4-17(12)19/h1-4,7-9,14,20H,5-6,10-11H2. The summed E-state index contributed by atoms with van der Waals surface area (Å²) in [7, 11) is 0. The lowest BCUT2D eigenvalue weighted by Crippen LogP contribution is -2.15. The fourth-order valence-corrected chi connectivity index (χ4v) is 2.48. The highest BCUT2D eigenvalue weighted by Gasteiger charge is 2.20. The minimum atomic E-state index is -0.231. The molecule has 4 heteroatoms. The van der Waals surface area contributed by atoms with E-state index < -0.39 is 0 Å². The lowest BCUT2D eigenvalue weighted by atomic mass is 10.2. The van der Waals surface area contributed by atoms with Crippen LogP contribution in [0.25, 0.3) is 0 Å². The zero-order chi connectivity index (χ0) is 14.7. The molecule has 1 N–H and O–H groups in total. The molecular weight excluding hydrogens is 333 g/mol. The van der Waals surface area contributed by atoms with Crippen LogP contribution in [0.2, 0.25) is 0 Å². The molecule has 110 valence electrons. The summed E-state index contributed by atoms with van der Waals surface area (Å²) < 4.78 is 20.3. The second-order valence-electron chi connectivity index (χ2n) is 5.29. The number of nitrogens with one attached hydrogen (secondary N) is 1. The third-order valence-corrected chi connectivity index (χ3v) is 4.30. The van der Waals surface area contributed by atoms with Crippen LogP contribution in [-0.4, -0.2) is 6.04 Å². The third-order valence-electron chi connectivity index (χ3n) is 3.53. The number of ether oxygens (including phenoxy) is 1. The molecule has 0 radical (unpaired) electrons. The normalized spacial score (nSPS) is 14.2. The Morgan fingerprint density at radius 2 is 1.95 bits per heavy atom. The summed E-state index contributed by atoms with van der Waals surface area (Å²) in [6, 6.07) is 13.2. The Hall–Kier alpha value is -1.39. The maximum Gasteiger partial charge on any atom is 0.129 e. The first-order valence-corrected chi connectivity index (χ1v) is 7.89. The second kappa shape index (κ2) is 6.58. The molecule has 0 aromatic heterocycles. The van der Waals surface area contributed by atoms with Crippen LogP contribution in [0.5, 0.6) is 5.75 Å². The molecule has 0 unspecified atom stereocenters. The van der Waals surface area contributed by atoms with Crippen molar-refractivity contribution in [2.24, 2.45) is 0 Å². The van der Waals surface area contributed by atoms with Crippen molar-refractivity contribution in [3.05, 3.63) is 63.9 Å². The van der Waals surface area contributed by atoms with Gasteiger partial charge in [-0.3, -0.25) is 0 Å². The van der Waals surface area contributed by atoms with Gasteiger partial charge < -0.3 is 10.1 Å². The first kappa shape index (κ1) is 14.5. The second-order valence-corrected chi connectivity index (χ2v) is 6.14. The molecule has 0 bridgehead atoms. The van der Waals surface area contributed by atoms with Crippen LogP contribution in [0.1, 0.15) is 24.0 Å². The van der Waals surface area contributed by atoms with Crippen LogP contribution in [0, 0.1) is 5.82 Å². The van der Waals surface area contributed by atoms with Gasteiger partial charge in [-0.1, -0.05) is 34.1 Å². The minimum Gasteiger partial charge on any atom is -0.489 e. The van der Waals surface area contributed by atoms with Crippen molar-refractivity contribution in [3.8, 4) is 5.75 Å². The molecule has 0 amide bonds. The molecule has 0 aliphatic heterocycles. The molecule has 0 atom stereocenters. The van der Waals surface area contributed by atoms with E-state index in [1.165, 1.54) is 18.9 Å². The number of rotatable bonds is 6. The van der Waals surface area contributed by atoms with Crippen molar-refractivity contribution in [3.63, 3.8) is 0 Å². The lowest BCUT2D eigenvalue weighted by molar-refractivity contribution is 0.299. The maximum atomic E-state index is 13.6. The lowest BCUT2D eigenvalue weighted by Gasteiger charge is -2.11. The fraction of sp³-hybridized carbons (Fsp3) is 0.294. The van der Waals surface area contributed by atoms with Crippen molar-refractivity contribution >= 4 is 15.9 Å². The maximum absolute atomic E-state index is 13.6. The van der Waals surface area contributed by atoms with Crippen LogP contribution in [0.4, 0.5) is 4.39 Å². The molecule has 3 rings (SSSR count). The van der Waals surface area contributed by atoms with E-state index in [-0.39, 0.29) is 12.4 Å². The first-order chi connectivity index (χ1) is 10.2. The molecule has 1 fully saturated rings. The summed E-state index contributed by atoms with van der Waals surface area (Å²) in [5.41, 5.74) is 1.73. The highest BCUT2D eigenvalue weighted by atomic mass is 79.9. The highest BCUT2D eigenvalue weighted by molar-refractivity contribution is 9.10. The molecule has 1 aliphatic carbocycles. The molecule has 0 saturated heterocycles. The van der Waals surface area contributed by atoms with Gasteiger partial charge in [-0.25, -0.2) is 4.39 Å². The SMILES string of the molecule is Fc1ccccc1COc1ccc(Br)c(CNC2CC2)c1. The average Bonchev–Trinajstić information content (AvgIpc) is 3.31. The van der Waals surface area contributed by atoms with Crippen molar-refractivity contribution in [1.82, 2.24) is 5.32 Å². The topological polar surface area (TPSA) is 21.3 Å². The summed E-state index contributed by atoms with van der Waals surface area (Å²) in [5, 5.41) is 3.48. The van der Waals surface area contributed by atoms with E-state index in [4.69, 9.17) is 4.74 Å². The van der Waals surface area contributed by atoms with Gasteiger partial charge in [0.05, 0.1) is 0 Å². The average molecular weight is 350 g/mol. The molecule has 2 aromatic rings. The molecule has 0 spiro atoms. The molecule has 2 aromatic carbocycles. The van der Waals surface area contributed by atoms with Crippen LogP contribution >= 0.6 is 15.9 Å². The Morgan fingerprint density at radius 3 is 2.71 bits per heavy atom. The Labute approximate surface area is 132 Å². The van der Waals surface area contributed by atoms with Crippen LogP contribution < -0.4 is 10.1 Å². The Morgan fingerprint density at radius 1 is 1.14 bits per heavy atom. The van der Waals surface area contributed by atoms with Crippen molar-refractivity contribution in [2.45, 2.75) is 32.0 Å². The van der Waals surface area contributed by atoms with Gasteiger partial charge in [-0.05, 0) is 42.7 Å². The Kier molecular flexibility index (Phi) is 4.56. The summed E-state index contributed by atoms with van der Waals surface area (Å²) in [5.74, 6) is 0.527. The number of benzene rings is 2. The van der Waals surface area contributed by atoms with E-state index in [2.05, 4.69) is 21.2 Å². The smallest absolute Gasteiger partial charge is 0.129 e. The number of hydrogen-bond donors (Lipinski definition) is 1. The quantitative estimate of drug-likeness (QED) is 0.833. The predicted molar refractivity (Wildman–Crippen MR) is 84.7 cm³/mol. The summed E-state index contributed by atoms with van der Waals surface area (Å²) in [4.78, 5) is 0. The number of hydrogen-bond acceptors (Lipinski definition) is 2. The molecule has 0 heterocycles. The zero-order valence-electron chi connectivity index (χ0n) is 11.6. The predicted octanol–water partition coefficient (Wildman–Crippen LogP) is 4.42. The fourth-order valence-electron chi connectivity index (χ4n) is 2.09. The van der Waals surface area contributed by atoms with E-state index in [1.54, 1.807) is 12.1 Å². The minimum absolute atomic E-state index is 0.231. The van der Waals surface area contributed by atoms with Gasteiger partial charge in [0.25, 0.3) is 0 Å². The largest absolute Gasteiger partial charge is 0.489 e. The molecule has 2 nitrogen and oxygen atoms in total. The van der Waals surface area contributed by atoms with Gasteiger partial charge in [0.2, 0.25) is 0 Å². The van der Waals surface area contributed by atoms with Gasteiger partial charge in [-0.2, -0.15) is 0 Å². The van der Waals surface area contributed by atoms with E-state index >= 15 is 0 Å². The molecule has 1 aliphatic rings. The van der Waals surface area contributed by atoms with Gasteiger partial charge >= 0.3 is 0 Å². The monoisotopic (exact) mass is 349 g/mol. The van der Waals surface area contributed by atoms with Crippen LogP contribution in [-0.2, 0) is 13.2 Å². The molecular formula is C17H17BrFNO. The van der Waals surface area contributed by atoms with Gasteiger partial charge in [0.15, 0.2) is 0 Å². The Bertz CT molecular complexity index is 628. The third kappa shape index (κ3) is 4.05. The summed E-state index contributed by atoms with van der Waals surface area (Å²) >= 11 is 3.55. The molecule has 21 heavy (non-hydrogen) atoms. The Balaban J connectivity index is 1.64. The zero-order valence-corrected chi connectivity index (χ0v) is 13.2. The van der Waals surface area contributed by atoms with Gasteiger partial charge in [0, 0.05) is 22.6 Å². The van der Waals surface area contributed by atoms with Crippen molar-refractivity contribution in [2.75, 3.05) is 0 Å². The van der Waals surface area contributed by atoms with Crippen LogP contribution in [0.3, 0.4) is 0 Å². The number of halogens is 2. The van der Waals surface area contributed by atoms with E-state index in [1.807, 2.05) is 24.3 Å². The van der Waals surface area contributed by atoms with Crippen LogP contribution in [0.15, 0.2) is 46.9 Å². The van der Waals surface area contributed by atoms with E-state index in [0.717, 1.165) is 22.3 Å². The first-order valence-electron chi connectivity index (χ1n) is 7.10. The van der Waals surface area contributed by atoms with E-state index in [0.29, 0.717) is 11.6 Å². The molecule has 1 saturated carbocycles. The van der Waals surface area contributed by atoms with Crippen molar-refractivity contribution < 1.29 is 9.13 Å². The summed E-state index contributed by atoms with van der Waals surface area (Å²) in [6.45, 7) is 1.06. The highest BCUT2D eigenvalue weighted by Crippen LogP contribution is 2.25.